The summed E-state index contributed by atoms with van der Waals surface area (Å²) in [5.74, 6) is 1.31. The molecule has 0 aromatic heterocycles. The summed E-state index contributed by atoms with van der Waals surface area (Å²) in [5.41, 5.74) is 0. The molecule has 0 bridgehead atoms. The molecule has 0 spiro atoms. The number of fused-ring (bicyclic) bond motifs is 1. The molecule has 0 radical (unpaired) electrons. The van der Waals surface area contributed by atoms with Crippen molar-refractivity contribution in [2.45, 2.75) is 56.1 Å². The van der Waals surface area contributed by atoms with Crippen LogP contribution in [0, 0.1) is 0 Å². The van der Waals surface area contributed by atoms with Crippen LogP contribution >= 0.6 is 11.8 Å². The average Bonchev–Trinajstić information content (AvgIpc) is 2.47. The van der Waals surface area contributed by atoms with Crippen LogP contribution in [-0.2, 0) is 14.3 Å². The van der Waals surface area contributed by atoms with Gasteiger partial charge in [-0.3, -0.25) is 4.79 Å². The van der Waals surface area contributed by atoms with Crippen molar-refractivity contribution >= 4 is 17.7 Å². The zero-order chi connectivity index (χ0) is 13.1. The minimum Gasteiger partial charge on any atom is -0.352 e. The predicted octanol–water partition coefficient (Wildman–Crippen LogP) is 2.03. The van der Waals surface area contributed by atoms with Gasteiger partial charge in [-0.25, -0.2) is 0 Å². The molecule has 108 valence electrons. The van der Waals surface area contributed by atoms with E-state index in [0.29, 0.717) is 17.7 Å². The first-order valence-electron chi connectivity index (χ1n) is 7.49. The van der Waals surface area contributed by atoms with Crippen molar-refractivity contribution in [3.8, 4) is 0 Å². The van der Waals surface area contributed by atoms with Crippen LogP contribution in [0.5, 0.6) is 0 Å². The van der Waals surface area contributed by atoms with Crippen molar-refractivity contribution in [2.24, 2.45) is 0 Å². The maximum atomic E-state index is 12.5. The number of thioether (sulfide) groups is 1. The van der Waals surface area contributed by atoms with Crippen molar-refractivity contribution in [1.29, 1.82) is 0 Å². The van der Waals surface area contributed by atoms with Gasteiger partial charge in [-0.2, -0.15) is 11.8 Å². The van der Waals surface area contributed by atoms with Gasteiger partial charge in [0.25, 0.3) is 0 Å². The summed E-state index contributed by atoms with van der Waals surface area (Å²) >= 11 is 2.06. The van der Waals surface area contributed by atoms with Crippen LogP contribution in [0.4, 0.5) is 0 Å². The first kappa shape index (κ1) is 13.7. The van der Waals surface area contributed by atoms with E-state index in [1.165, 1.54) is 25.7 Å². The third-order valence-corrected chi connectivity index (χ3v) is 5.69. The van der Waals surface area contributed by atoms with Gasteiger partial charge in [0, 0.05) is 23.6 Å². The van der Waals surface area contributed by atoms with Crippen LogP contribution in [0.2, 0.25) is 0 Å². The normalized spacial score (nSPS) is 32.9. The molecule has 3 aliphatic rings. The standard InChI is InChI=1S/C14H23NO3S/c16-13(10-14-17-7-3-8-18-14)15-6-9-19-12-5-2-1-4-11(12)15/h11-12,14H,1-10H2. The lowest BCUT2D eigenvalue weighted by Crippen LogP contribution is -2.52. The Labute approximate surface area is 119 Å². The van der Waals surface area contributed by atoms with Gasteiger partial charge in [0.2, 0.25) is 5.91 Å². The predicted molar refractivity (Wildman–Crippen MR) is 75.1 cm³/mol. The average molecular weight is 285 g/mol. The summed E-state index contributed by atoms with van der Waals surface area (Å²) in [6, 6.07) is 0.462. The van der Waals surface area contributed by atoms with Crippen molar-refractivity contribution in [3.63, 3.8) is 0 Å². The number of carbonyl (C=O) groups excluding carboxylic acids is 1. The topological polar surface area (TPSA) is 38.8 Å². The number of ether oxygens (including phenoxy) is 2. The fourth-order valence-corrected chi connectivity index (χ4v) is 4.76. The van der Waals surface area contributed by atoms with E-state index in [1.54, 1.807) is 0 Å². The molecule has 2 saturated heterocycles. The SMILES string of the molecule is O=C(CC1OCCCO1)N1CCSC2CCCCC21. The van der Waals surface area contributed by atoms with Crippen LogP contribution in [0.25, 0.3) is 0 Å². The molecular formula is C14H23NO3S. The van der Waals surface area contributed by atoms with Gasteiger partial charge in [-0.1, -0.05) is 12.8 Å². The number of amides is 1. The lowest BCUT2D eigenvalue weighted by atomic mass is 9.93. The summed E-state index contributed by atoms with van der Waals surface area (Å²) < 4.78 is 11.0. The van der Waals surface area contributed by atoms with Crippen molar-refractivity contribution in [2.75, 3.05) is 25.5 Å². The Bertz CT molecular complexity index is 318. The molecule has 0 N–H and O–H groups in total. The van der Waals surface area contributed by atoms with E-state index in [2.05, 4.69) is 16.7 Å². The molecule has 5 heteroatoms. The Morgan fingerprint density at radius 2 is 1.95 bits per heavy atom. The Balaban J connectivity index is 1.58. The maximum absolute atomic E-state index is 12.5. The second kappa shape index (κ2) is 6.46. The minimum absolute atomic E-state index is 0.226. The van der Waals surface area contributed by atoms with Crippen LogP contribution < -0.4 is 0 Å². The molecule has 1 amide bonds. The number of hydrogen-bond donors (Lipinski definition) is 0. The van der Waals surface area contributed by atoms with Crippen molar-refractivity contribution < 1.29 is 14.3 Å². The second-order valence-electron chi connectivity index (χ2n) is 5.58. The number of nitrogens with zero attached hydrogens (tertiary/aromatic N) is 1. The van der Waals surface area contributed by atoms with Gasteiger partial charge in [0.15, 0.2) is 6.29 Å². The fraction of sp³-hybridized carbons (Fsp3) is 0.929. The highest BCUT2D eigenvalue weighted by Gasteiger charge is 2.37. The lowest BCUT2D eigenvalue weighted by molar-refractivity contribution is -0.187. The van der Waals surface area contributed by atoms with E-state index in [4.69, 9.17) is 9.47 Å². The summed E-state index contributed by atoms with van der Waals surface area (Å²) in [6.07, 6.45) is 6.07. The first-order valence-corrected chi connectivity index (χ1v) is 8.54. The first-order chi connectivity index (χ1) is 9.34. The van der Waals surface area contributed by atoms with Crippen molar-refractivity contribution in [1.82, 2.24) is 4.90 Å². The maximum Gasteiger partial charge on any atom is 0.228 e. The van der Waals surface area contributed by atoms with Gasteiger partial charge >= 0.3 is 0 Å². The zero-order valence-corrected chi connectivity index (χ0v) is 12.2. The molecule has 2 heterocycles. The summed E-state index contributed by atoms with van der Waals surface area (Å²) in [4.78, 5) is 14.6. The Hall–Kier alpha value is -0.260. The Morgan fingerprint density at radius 3 is 2.79 bits per heavy atom. The van der Waals surface area contributed by atoms with Gasteiger partial charge in [0.05, 0.1) is 19.6 Å². The second-order valence-corrected chi connectivity index (χ2v) is 6.92. The Morgan fingerprint density at radius 1 is 1.16 bits per heavy atom. The molecule has 2 aliphatic heterocycles. The van der Waals surface area contributed by atoms with E-state index >= 15 is 0 Å². The van der Waals surface area contributed by atoms with E-state index in [1.807, 2.05) is 0 Å². The Kier molecular flexibility index (Phi) is 4.66. The largest absolute Gasteiger partial charge is 0.352 e. The smallest absolute Gasteiger partial charge is 0.228 e. The van der Waals surface area contributed by atoms with E-state index in [-0.39, 0.29) is 12.2 Å². The van der Waals surface area contributed by atoms with Crippen LogP contribution in [-0.4, -0.2) is 53.9 Å². The molecule has 4 nitrogen and oxygen atoms in total. The molecule has 1 aliphatic carbocycles. The van der Waals surface area contributed by atoms with E-state index < -0.39 is 0 Å². The molecule has 2 unspecified atom stereocenters. The highest BCUT2D eigenvalue weighted by Crippen LogP contribution is 2.35. The van der Waals surface area contributed by atoms with Crippen LogP contribution in [0.1, 0.15) is 38.5 Å². The fourth-order valence-electron chi connectivity index (χ4n) is 3.32. The molecule has 3 fully saturated rings. The quantitative estimate of drug-likeness (QED) is 0.778. The third-order valence-electron chi connectivity index (χ3n) is 4.29. The van der Waals surface area contributed by atoms with Gasteiger partial charge in [0.1, 0.15) is 0 Å². The molecule has 2 atom stereocenters. The van der Waals surface area contributed by atoms with Gasteiger partial charge < -0.3 is 14.4 Å². The summed E-state index contributed by atoms with van der Waals surface area (Å²) in [5, 5.41) is 0.666. The zero-order valence-electron chi connectivity index (χ0n) is 11.4. The lowest BCUT2D eigenvalue weighted by Gasteiger charge is -2.44. The third kappa shape index (κ3) is 3.26. The molecule has 3 rings (SSSR count). The van der Waals surface area contributed by atoms with Gasteiger partial charge in [-0.05, 0) is 19.3 Å². The van der Waals surface area contributed by atoms with Gasteiger partial charge in [-0.15, -0.1) is 0 Å². The molecule has 0 aromatic rings. The summed E-state index contributed by atoms with van der Waals surface area (Å²) in [7, 11) is 0. The molecule has 0 aromatic carbocycles. The minimum atomic E-state index is -0.308. The monoisotopic (exact) mass is 285 g/mol. The van der Waals surface area contributed by atoms with Crippen molar-refractivity contribution in [3.05, 3.63) is 0 Å². The number of carbonyl (C=O) groups is 1. The highest BCUT2D eigenvalue weighted by atomic mass is 32.2. The molecule has 19 heavy (non-hydrogen) atoms. The summed E-state index contributed by atoms with van der Waals surface area (Å²) in [6.45, 7) is 2.34. The van der Waals surface area contributed by atoms with E-state index in [0.717, 1.165) is 31.9 Å². The molecule has 1 saturated carbocycles. The van der Waals surface area contributed by atoms with Crippen LogP contribution in [0.3, 0.4) is 0 Å². The van der Waals surface area contributed by atoms with E-state index in [9.17, 15) is 4.79 Å². The number of hydrogen-bond acceptors (Lipinski definition) is 4. The number of rotatable bonds is 2. The molecular weight excluding hydrogens is 262 g/mol. The highest BCUT2D eigenvalue weighted by molar-refractivity contribution is 8.00. The van der Waals surface area contributed by atoms with Crippen LogP contribution in [0.15, 0.2) is 0 Å².